The highest BCUT2D eigenvalue weighted by atomic mass is 16.2. The predicted octanol–water partition coefficient (Wildman–Crippen LogP) is 3.70. The number of hydrogen-bond donors (Lipinski definition) is 2. The highest BCUT2D eigenvalue weighted by molar-refractivity contribution is 5.96. The van der Waals surface area contributed by atoms with Crippen LogP contribution in [0.2, 0.25) is 0 Å². The normalized spacial score (nSPS) is 10.3. The Kier molecular flexibility index (Phi) is 7.07. The van der Waals surface area contributed by atoms with Gasteiger partial charge in [0.05, 0.1) is 11.4 Å². The Morgan fingerprint density at radius 1 is 0.958 bits per heavy atom. The lowest BCUT2D eigenvalue weighted by Crippen LogP contribution is -2.30. The molecule has 0 heterocycles. The topological polar surface area (TPSA) is 64.7 Å². The number of nitrogens with zero attached hydrogens (tertiary/aromatic N) is 2. The van der Waals surface area contributed by atoms with Crippen LogP contribution in [-0.4, -0.2) is 50.1 Å². The minimum Gasteiger partial charge on any atom is -0.331 e. The summed E-state index contributed by atoms with van der Waals surface area (Å²) >= 11 is 0. The molecule has 0 aliphatic rings. The van der Waals surface area contributed by atoms with E-state index in [1.54, 1.807) is 28.2 Å². The summed E-state index contributed by atoms with van der Waals surface area (Å²) in [6, 6.07) is 1.70. The Morgan fingerprint density at radius 2 is 1.46 bits per heavy atom. The molecule has 0 aliphatic heterocycles. The van der Waals surface area contributed by atoms with Crippen LogP contribution in [0.5, 0.6) is 0 Å². The van der Waals surface area contributed by atoms with Crippen molar-refractivity contribution in [3.8, 4) is 0 Å². The number of hydrogen-bond acceptors (Lipinski definition) is 2. The largest absolute Gasteiger partial charge is 0.331 e. The predicted molar refractivity (Wildman–Crippen MR) is 100.0 cm³/mol. The lowest BCUT2D eigenvalue weighted by Gasteiger charge is -2.23. The number of anilines is 2. The van der Waals surface area contributed by atoms with Gasteiger partial charge in [-0.3, -0.25) is 0 Å². The molecule has 0 aliphatic carbocycles. The van der Waals surface area contributed by atoms with Crippen LogP contribution in [0.1, 0.15) is 37.0 Å². The van der Waals surface area contributed by atoms with Crippen LogP contribution >= 0.6 is 0 Å². The molecule has 0 spiro atoms. The molecule has 134 valence electrons. The second-order valence-corrected chi connectivity index (χ2v) is 6.33. The van der Waals surface area contributed by atoms with Crippen molar-refractivity contribution in [2.75, 3.05) is 38.8 Å². The van der Waals surface area contributed by atoms with Crippen LogP contribution in [-0.2, 0) is 12.8 Å². The fraction of sp³-hybridized carbons (Fsp3) is 0.556. The first-order valence-electron chi connectivity index (χ1n) is 8.34. The van der Waals surface area contributed by atoms with E-state index in [1.165, 1.54) is 9.80 Å². The SMILES string of the molecule is CCCc1cc(C)c(NC(=O)N(C)C)c(CC)c1NC(=O)N(C)C. The summed E-state index contributed by atoms with van der Waals surface area (Å²) in [4.78, 5) is 27.3. The Balaban J connectivity index is 3.44. The summed E-state index contributed by atoms with van der Waals surface area (Å²) < 4.78 is 0. The molecule has 2 N–H and O–H groups in total. The van der Waals surface area contributed by atoms with E-state index in [0.717, 1.165) is 40.9 Å². The molecule has 6 nitrogen and oxygen atoms in total. The molecule has 0 fully saturated rings. The second kappa shape index (κ2) is 8.57. The number of rotatable bonds is 5. The van der Waals surface area contributed by atoms with E-state index in [4.69, 9.17) is 0 Å². The van der Waals surface area contributed by atoms with Crippen LogP contribution in [0.4, 0.5) is 21.0 Å². The molecule has 24 heavy (non-hydrogen) atoms. The third-order valence-electron chi connectivity index (χ3n) is 3.86. The molecular formula is C18H30N4O2. The summed E-state index contributed by atoms with van der Waals surface area (Å²) in [5.74, 6) is 0. The maximum absolute atomic E-state index is 12.2. The van der Waals surface area contributed by atoms with Gasteiger partial charge in [-0.25, -0.2) is 9.59 Å². The van der Waals surface area contributed by atoms with Crippen molar-refractivity contribution >= 4 is 23.4 Å². The van der Waals surface area contributed by atoms with Crippen LogP contribution in [0.15, 0.2) is 6.07 Å². The highest BCUT2D eigenvalue weighted by Gasteiger charge is 2.19. The number of nitrogens with one attached hydrogen (secondary N) is 2. The molecule has 0 atom stereocenters. The van der Waals surface area contributed by atoms with Crippen molar-refractivity contribution < 1.29 is 9.59 Å². The molecule has 4 amide bonds. The first-order chi connectivity index (χ1) is 11.2. The van der Waals surface area contributed by atoms with E-state index in [0.29, 0.717) is 6.42 Å². The zero-order valence-corrected chi connectivity index (χ0v) is 15.9. The second-order valence-electron chi connectivity index (χ2n) is 6.33. The number of benzene rings is 1. The number of urea groups is 2. The van der Waals surface area contributed by atoms with E-state index in [2.05, 4.69) is 23.6 Å². The van der Waals surface area contributed by atoms with Gasteiger partial charge in [-0.05, 0) is 36.5 Å². The van der Waals surface area contributed by atoms with Crippen LogP contribution in [0.3, 0.4) is 0 Å². The fourth-order valence-corrected chi connectivity index (χ4v) is 2.55. The van der Waals surface area contributed by atoms with Gasteiger partial charge in [-0.1, -0.05) is 26.3 Å². The van der Waals surface area contributed by atoms with Crippen molar-refractivity contribution in [2.45, 2.75) is 40.0 Å². The zero-order chi connectivity index (χ0) is 18.4. The number of aryl methyl sites for hydroxylation is 2. The maximum atomic E-state index is 12.2. The third-order valence-corrected chi connectivity index (χ3v) is 3.86. The van der Waals surface area contributed by atoms with Crippen LogP contribution in [0.25, 0.3) is 0 Å². The minimum absolute atomic E-state index is 0.171. The fourth-order valence-electron chi connectivity index (χ4n) is 2.55. The van der Waals surface area contributed by atoms with Gasteiger partial charge in [0.15, 0.2) is 0 Å². The average molecular weight is 334 g/mol. The molecule has 0 unspecified atom stereocenters. The minimum atomic E-state index is -0.180. The van der Waals surface area contributed by atoms with Crippen molar-refractivity contribution in [3.05, 3.63) is 22.8 Å². The summed E-state index contributed by atoms with van der Waals surface area (Å²) in [7, 11) is 6.83. The Hall–Kier alpha value is -2.24. The van der Waals surface area contributed by atoms with Gasteiger partial charge >= 0.3 is 12.1 Å². The molecule has 0 aromatic heterocycles. The zero-order valence-electron chi connectivity index (χ0n) is 15.9. The smallest absolute Gasteiger partial charge is 0.321 e. The van der Waals surface area contributed by atoms with E-state index < -0.39 is 0 Å². The molecule has 0 saturated carbocycles. The van der Waals surface area contributed by atoms with Gasteiger partial charge in [0.2, 0.25) is 0 Å². The standard InChI is InChI=1S/C18H30N4O2/c1-8-10-13-11-12(3)15(19-17(23)21(4)5)14(9-2)16(13)20-18(24)22(6)7/h11H,8-10H2,1-7H3,(H,19,23)(H,20,24). The van der Waals surface area contributed by atoms with Crippen molar-refractivity contribution in [1.29, 1.82) is 0 Å². The number of carbonyl (C=O) groups excluding carboxylic acids is 2. The number of amides is 4. The van der Waals surface area contributed by atoms with E-state index >= 15 is 0 Å². The molecule has 0 bridgehead atoms. The lowest BCUT2D eigenvalue weighted by molar-refractivity contribution is 0.230. The molecule has 0 radical (unpaired) electrons. The monoisotopic (exact) mass is 334 g/mol. The third kappa shape index (κ3) is 4.63. The highest BCUT2D eigenvalue weighted by Crippen LogP contribution is 2.33. The van der Waals surface area contributed by atoms with Gasteiger partial charge in [0.25, 0.3) is 0 Å². The molecule has 1 rings (SSSR count). The Labute approximate surface area is 145 Å². The Bertz CT molecular complexity index is 610. The van der Waals surface area contributed by atoms with Crippen molar-refractivity contribution in [2.24, 2.45) is 0 Å². The molecule has 6 heteroatoms. The lowest BCUT2D eigenvalue weighted by atomic mass is 9.95. The first-order valence-corrected chi connectivity index (χ1v) is 8.34. The maximum Gasteiger partial charge on any atom is 0.321 e. The van der Waals surface area contributed by atoms with Crippen molar-refractivity contribution in [3.63, 3.8) is 0 Å². The van der Waals surface area contributed by atoms with Gasteiger partial charge in [-0.15, -0.1) is 0 Å². The van der Waals surface area contributed by atoms with Gasteiger partial charge in [-0.2, -0.15) is 0 Å². The molecule has 0 saturated heterocycles. The molecular weight excluding hydrogens is 304 g/mol. The van der Waals surface area contributed by atoms with E-state index in [-0.39, 0.29) is 12.1 Å². The number of carbonyl (C=O) groups is 2. The summed E-state index contributed by atoms with van der Waals surface area (Å²) in [6.07, 6.45) is 2.57. The molecule has 1 aromatic carbocycles. The summed E-state index contributed by atoms with van der Waals surface area (Å²) in [5.41, 5.74) is 4.67. The van der Waals surface area contributed by atoms with Crippen molar-refractivity contribution in [1.82, 2.24) is 9.80 Å². The van der Waals surface area contributed by atoms with Crippen LogP contribution in [0, 0.1) is 6.92 Å². The van der Waals surface area contributed by atoms with Gasteiger partial charge in [0, 0.05) is 28.2 Å². The average Bonchev–Trinajstić information content (AvgIpc) is 2.51. The van der Waals surface area contributed by atoms with Crippen LogP contribution < -0.4 is 10.6 Å². The van der Waals surface area contributed by atoms with E-state index in [9.17, 15) is 9.59 Å². The van der Waals surface area contributed by atoms with Gasteiger partial charge < -0.3 is 20.4 Å². The Morgan fingerprint density at radius 3 is 1.88 bits per heavy atom. The van der Waals surface area contributed by atoms with E-state index in [1.807, 2.05) is 13.8 Å². The summed E-state index contributed by atoms with van der Waals surface area (Å²) in [6.45, 7) is 6.13. The molecule has 1 aromatic rings. The first kappa shape index (κ1) is 19.8. The van der Waals surface area contributed by atoms with Gasteiger partial charge in [0.1, 0.15) is 0 Å². The summed E-state index contributed by atoms with van der Waals surface area (Å²) in [5, 5.41) is 5.97. The quantitative estimate of drug-likeness (QED) is 0.862.